The summed E-state index contributed by atoms with van der Waals surface area (Å²) < 4.78 is 0. The van der Waals surface area contributed by atoms with E-state index in [2.05, 4.69) is 117 Å². The highest BCUT2D eigenvalue weighted by Crippen LogP contribution is 2.21. The third-order valence-electron chi connectivity index (χ3n) is 5.55. The average molecular weight is 384 g/mol. The molecule has 0 N–H and O–H groups in total. The Morgan fingerprint density at radius 2 is 1.83 bits per heavy atom. The largest absolute Gasteiger partial charge is 0.302 e. The van der Waals surface area contributed by atoms with E-state index in [1.165, 1.54) is 16.3 Å². The molecule has 0 fully saturated rings. The summed E-state index contributed by atoms with van der Waals surface area (Å²) in [6.07, 6.45) is 19.9. The van der Waals surface area contributed by atoms with Crippen LogP contribution in [0.2, 0.25) is 0 Å². The summed E-state index contributed by atoms with van der Waals surface area (Å²) in [6.45, 7) is 8.46. The van der Waals surface area contributed by atoms with Crippen molar-refractivity contribution in [2.24, 2.45) is 11.8 Å². The van der Waals surface area contributed by atoms with E-state index in [9.17, 15) is 0 Å². The van der Waals surface area contributed by atoms with Gasteiger partial charge in [0.1, 0.15) is 0 Å². The van der Waals surface area contributed by atoms with Crippen LogP contribution in [0.1, 0.15) is 18.9 Å². The van der Waals surface area contributed by atoms with Gasteiger partial charge in [0.15, 0.2) is 0 Å². The lowest BCUT2D eigenvalue weighted by Crippen LogP contribution is -2.21. The SMILES string of the molecule is C=C(/C=C\Cc1cccc2ccccc12)CN(C)CC/C=C\C1C=CC=CC1C. The van der Waals surface area contributed by atoms with Crippen LogP contribution in [0.25, 0.3) is 10.8 Å². The molecule has 2 aromatic rings. The summed E-state index contributed by atoms with van der Waals surface area (Å²) >= 11 is 0. The molecule has 0 radical (unpaired) electrons. The van der Waals surface area contributed by atoms with Gasteiger partial charge in [-0.2, -0.15) is 0 Å². The van der Waals surface area contributed by atoms with Gasteiger partial charge >= 0.3 is 0 Å². The Kier molecular flexibility index (Phi) is 7.84. The first-order valence-electron chi connectivity index (χ1n) is 10.6. The number of nitrogens with zero attached hydrogens (tertiary/aromatic N) is 1. The Morgan fingerprint density at radius 1 is 1.03 bits per heavy atom. The van der Waals surface area contributed by atoms with E-state index in [1.807, 2.05) is 0 Å². The van der Waals surface area contributed by atoms with Crippen molar-refractivity contribution in [2.75, 3.05) is 20.1 Å². The second kappa shape index (κ2) is 10.8. The van der Waals surface area contributed by atoms with E-state index < -0.39 is 0 Å². The maximum Gasteiger partial charge on any atom is 0.0224 e. The Bertz CT molecular complexity index is 923. The molecular formula is C28H33N. The first kappa shape index (κ1) is 21.1. The van der Waals surface area contributed by atoms with Gasteiger partial charge in [-0.3, -0.25) is 0 Å². The quantitative estimate of drug-likeness (QED) is 0.342. The van der Waals surface area contributed by atoms with E-state index in [0.717, 1.165) is 31.5 Å². The molecule has 1 heteroatoms. The van der Waals surface area contributed by atoms with E-state index in [0.29, 0.717) is 11.8 Å². The molecule has 0 heterocycles. The zero-order valence-electron chi connectivity index (χ0n) is 17.8. The first-order valence-corrected chi connectivity index (χ1v) is 10.6. The normalized spacial score (nSPS) is 19.1. The summed E-state index contributed by atoms with van der Waals surface area (Å²) in [5.41, 5.74) is 2.53. The molecular weight excluding hydrogens is 350 g/mol. The first-order chi connectivity index (χ1) is 14.1. The minimum Gasteiger partial charge on any atom is -0.302 e. The predicted octanol–water partition coefficient (Wildman–Crippen LogP) is 6.75. The van der Waals surface area contributed by atoms with E-state index in [-0.39, 0.29) is 0 Å². The van der Waals surface area contributed by atoms with Crippen LogP contribution in [0.4, 0.5) is 0 Å². The molecule has 150 valence electrons. The summed E-state index contributed by atoms with van der Waals surface area (Å²) in [6, 6.07) is 15.1. The van der Waals surface area contributed by atoms with Gasteiger partial charge in [-0.05, 0) is 47.7 Å². The summed E-state index contributed by atoms with van der Waals surface area (Å²) in [5.74, 6) is 1.14. The van der Waals surface area contributed by atoms with Crippen LogP contribution < -0.4 is 0 Å². The number of benzene rings is 2. The molecule has 0 spiro atoms. The zero-order chi connectivity index (χ0) is 20.5. The van der Waals surface area contributed by atoms with Crippen molar-refractivity contribution < 1.29 is 0 Å². The van der Waals surface area contributed by atoms with Crippen molar-refractivity contribution in [3.05, 3.63) is 109 Å². The van der Waals surface area contributed by atoms with Gasteiger partial charge in [-0.25, -0.2) is 0 Å². The van der Waals surface area contributed by atoms with Gasteiger partial charge < -0.3 is 4.90 Å². The highest BCUT2D eigenvalue weighted by Gasteiger charge is 2.09. The van der Waals surface area contributed by atoms with Gasteiger partial charge in [0.25, 0.3) is 0 Å². The van der Waals surface area contributed by atoms with Crippen molar-refractivity contribution in [1.29, 1.82) is 0 Å². The monoisotopic (exact) mass is 383 g/mol. The molecule has 0 aromatic heterocycles. The standard InChI is InChI=1S/C28H33N/c1-23(12-10-17-27-19-11-18-26-16-6-7-20-28(26)27)22-29(3)21-9-8-15-25-14-5-4-13-24(25)2/h4-8,10-16,18-20,24-25H,1,9,17,21-22H2,2-3H3/b12-10-,15-8-. The number of allylic oxidation sites excluding steroid dienone is 6. The number of rotatable bonds is 9. The lowest BCUT2D eigenvalue weighted by atomic mass is 9.89. The van der Waals surface area contributed by atoms with Crippen molar-refractivity contribution in [3.63, 3.8) is 0 Å². The van der Waals surface area contributed by atoms with Crippen LogP contribution in [0.5, 0.6) is 0 Å². The molecule has 2 atom stereocenters. The molecule has 2 aromatic carbocycles. The van der Waals surface area contributed by atoms with Gasteiger partial charge in [-0.1, -0.05) is 105 Å². The second-order valence-electron chi connectivity index (χ2n) is 8.06. The molecule has 3 rings (SSSR count). The van der Waals surface area contributed by atoms with Crippen molar-refractivity contribution in [1.82, 2.24) is 4.90 Å². The summed E-state index contributed by atoms with van der Waals surface area (Å²) in [7, 11) is 2.17. The lowest BCUT2D eigenvalue weighted by Gasteiger charge is -2.17. The topological polar surface area (TPSA) is 3.24 Å². The van der Waals surface area contributed by atoms with Crippen molar-refractivity contribution in [2.45, 2.75) is 19.8 Å². The third-order valence-corrected chi connectivity index (χ3v) is 5.55. The van der Waals surface area contributed by atoms with Crippen LogP contribution in [0, 0.1) is 11.8 Å². The molecule has 0 saturated carbocycles. The van der Waals surface area contributed by atoms with Crippen molar-refractivity contribution in [3.8, 4) is 0 Å². The van der Waals surface area contributed by atoms with Crippen LogP contribution in [-0.4, -0.2) is 25.0 Å². The average Bonchev–Trinajstić information content (AvgIpc) is 2.72. The van der Waals surface area contributed by atoms with Gasteiger partial charge in [-0.15, -0.1) is 0 Å². The summed E-state index contributed by atoms with van der Waals surface area (Å²) in [5, 5.41) is 2.64. The molecule has 0 aliphatic heterocycles. The number of fused-ring (bicyclic) bond motifs is 1. The zero-order valence-corrected chi connectivity index (χ0v) is 17.8. The number of hydrogen-bond donors (Lipinski definition) is 0. The highest BCUT2D eigenvalue weighted by molar-refractivity contribution is 5.85. The number of hydrogen-bond acceptors (Lipinski definition) is 1. The molecule has 29 heavy (non-hydrogen) atoms. The molecule has 0 saturated heterocycles. The minimum absolute atomic E-state index is 0.539. The minimum atomic E-state index is 0.539. The highest BCUT2D eigenvalue weighted by atomic mass is 15.1. The predicted molar refractivity (Wildman–Crippen MR) is 128 cm³/mol. The lowest BCUT2D eigenvalue weighted by molar-refractivity contribution is 0.372. The Hall–Kier alpha value is -2.64. The maximum absolute atomic E-state index is 4.24. The van der Waals surface area contributed by atoms with E-state index in [4.69, 9.17) is 0 Å². The molecule has 0 bridgehead atoms. The maximum atomic E-state index is 4.24. The number of likely N-dealkylation sites (N-methyl/N-ethyl adjacent to an activating group) is 1. The van der Waals surface area contributed by atoms with Gasteiger partial charge in [0, 0.05) is 19.0 Å². The van der Waals surface area contributed by atoms with Crippen LogP contribution in [-0.2, 0) is 6.42 Å². The van der Waals surface area contributed by atoms with Gasteiger partial charge in [0.05, 0.1) is 0 Å². The summed E-state index contributed by atoms with van der Waals surface area (Å²) in [4.78, 5) is 2.34. The van der Waals surface area contributed by atoms with Crippen molar-refractivity contribution >= 4 is 10.8 Å². The fraction of sp³-hybridized carbons (Fsp3) is 0.286. The van der Waals surface area contributed by atoms with E-state index in [1.54, 1.807) is 0 Å². The Balaban J connectivity index is 1.41. The molecule has 2 unspecified atom stereocenters. The molecule has 1 nitrogen and oxygen atoms in total. The Labute approximate surface area is 176 Å². The Morgan fingerprint density at radius 3 is 2.69 bits per heavy atom. The van der Waals surface area contributed by atoms with Gasteiger partial charge in [0.2, 0.25) is 0 Å². The van der Waals surface area contributed by atoms with E-state index >= 15 is 0 Å². The van der Waals surface area contributed by atoms with Crippen LogP contribution in [0.3, 0.4) is 0 Å². The molecule has 0 amide bonds. The smallest absolute Gasteiger partial charge is 0.0224 e. The van der Waals surface area contributed by atoms with Crippen LogP contribution >= 0.6 is 0 Å². The fourth-order valence-electron chi connectivity index (χ4n) is 3.82. The van der Waals surface area contributed by atoms with Crippen LogP contribution in [0.15, 0.2) is 103 Å². The molecule has 1 aliphatic carbocycles. The fourth-order valence-corrected chi connectivity index (χ4v) is 3.82. The third kappa shape index (κ3) is 6.44. The molecule has 1 aliphatic rings. The second-order valence-corrected chi connectivity index (χ2v) is 8.06.